The maximum Gasteiger partial charge on any atom is 0.119 e. The number of benzene rings is 4. The Labute approximate surface area is 199 Å². The number of fused-ring (bicyclic) bond motifs is 3. The number of ether oxygens (including phenoxy) is 1. The Morgan fingerprint density at radius 2 is 1.44 bits per heavy atom. The third-order valence-corrected chi connectivity index (χ3v) is 6.96. The smallest absolute Gasteiger partial charge is 0.119 e. The van der Waals surface area contributed by atoms with Gasteiger partial charge in [-0.3, -0.25) is 0 Å². The van der Waals surface area contributed by atoms with Gasteiger partial charge in [0.1, 0.15) is 5.75 Å². The zero-order chi connectivity index (χ0) is 22.5. The molecule has 1 unspecified atom stereocenters. The maximum absolute atomic E-state index is 5.96. The molecule has 2 heteroatoms. The predicted octanol–water partition coefficient (Wildman–Crippen LogP) is 8.22. The number of hydrogen-bond donors (Lipinski definition) is 0. The third-order valence-electron chi connectivity index (χ3n) is 6.46. The van der Waals surface area contributed by atoms with Crippen LogP contribution in [-0.4, -0.2) is 6.10 Å². The second-order valence-electron chi connectivity index (χ2n) is 8.99. The van der Waals surface area contributed by atoms with E-state index in [1.807, 2.05) is 0 Å². The molecule has 1 atom stereocenters. The van der Waals surface area contributed by atoms with E-state index < -0.39 is 0 Å². The Morgan fingerprint density at radius 3 is 2.19 bits per heavy atom. The lowest BCUT2D eigenvalue weighted by Crippen LogP contribution is -2.29. The normalized spacial score (nSPS) is 16.7. The SMILES string of the molecule is Cc1ccc(C)c(C2(c3ccc(OC(C)C)cc3)c3ccccc3-c3ccc(Br)cc32)c1. The molecule has 0 N–H and O–H groups in total. The van der Waals surface area contributed by atoms with Gasteiger partial charge in [0.25, 0.3) is 0 Å². The van der Waals surface area contributed by atoms with Crippen LogP contribution in [0.3, 0.4) is 0 Å². The second-order valence-corrected chi connectivity index (χ2v) is 9.91. The van der Waals surface area contributed by atoms with Crippen molar-refractivity contribution in [2.75, 3.05) is 0 Å². The Morgan fingerprint density at radius 1 is 0.719 bits per heavy atom. The first-order chi connectivity index (χ1) is 15.4. The van der Waals surface area contributed by atoms with Crippen LogP contribution in [-0.2, 0) is 5.41 Å². The van der Waals surface area contributed by atoms with Gasteiger partial charge in [0.15, 0.2) is 0 Å². The molecule has 4 aromatic rings. The van der Waals surface area contributed by atoms with Crippen molar-refractivity contribution in [3.63, 3.8) is 0 Å². The van der Waals surface area contributed by atoms with Gasteiger partial charge in [-0.25, -0.2) is 0 Å². The third kappa shape index (κ3) is 3.20. The van der Waals surface area contributed by atoms with E-state index in [0.717, 1.165) is 10.2 Å². The van der Waals surface area contributed by atoms with Gasteiger partial charge in [-0.2, -0.15) is 0 Å². The molecule has 0 saturated heterocycles. The first-order valence-electron chi connectivity index (χ1n) is 11.2. The van der Waals surface area contributed by atoms with Crippen molar-refractivity contribution in [3.8, 4) is 16.9 Å². The van der Waals surface area contributed by atoms with Crippen molar-refractivity contribution >= 4 is 15.9 Å². The lowest BCUT2D eigenvalue weighted by molar-refractivity contribution is 0.242. The quantitative estimate of drug-likeness (QED) is 0.250. The van der Waals surface area contributed by atoms with Crippen molar-refractivity contribution in [3.05, 3.63) is 123 Å². The summed E-state index contributed by atoms with van der Waals surface area (Å²) in [5.41, 5.74) is 10.0. The van der Waals surface area contributed by atoms with E-state index in [4.69, 9.17) is 4.74 Å². The molecular weight excluding hydrogens is 456 g/mol. The zero-order valence-corrected chi connectivity index (χ0v) is 20.5. The van der Waals surface area contributed by atoms with Crippen LogP contribution in [0, 0.1) is 13.8 Å². The first kappa shape index (κ1) is 21.0. The molecule has 4 aromatic carbocycles. The Kier molecular flexibility index (Phi) is 5.22. The molecular formula is C30H27BrO. The molecule has 5 rings (SSSR count). The fourth-order valence-electron chi connectivity index (χ4n) is 5.20. The van der Waals surface area contributed by atoms with Crippen LogP contribution < -0.4 is 4.74 Å². The van der Waals surface area contributed by atoms with Crippen molar-refractivity contribution in [1.82, 2.24) is 0 Å². The number of aryl methyl sites for hydroxylation is 2. The van der Waals surface area contributed by atoms with E-state index >= 15 is 0 Å². The van der Waals surface area contributed by atoms with Crippen LogP contribution >= 0.6 is 15.9 Å². The fourth-order valence-corrected chi connectivity index (χ4v) is 5.56. The summed E-state index contributed by atoms with van der Waals surface area (Å²) in [4.78, 5) is 0. The zero-order valence-electron chi connectivity index (χ0n) is 18.9. The van der Waals surface area contributed by atoms with Gasteiger partial charge in [-0.15, -0.1) is 0 Å². The van der Waals surface area contributed by atoms with Crippen LogP contribution in [0.25, 0.3) is 11.1 Å². The largest absolute Gasteiger partial charge is 0.491 e. The van der Waals surface area contributed by atoms with Crippen LogP contribution in [0.1, 0.15) is 47.2 Å². The fraction of sp³-hybridized carbons (Fsp3) is 0.200. The minimum Gasteiger partial charge on any atom is -0.491 e. The molecule has 0 bridgehead atoms. The van der Waals surface area contributed by atoms with Crippen LogP contribution in [0.15, 0.2) is 89.4 Å². The molecule has 1 aliphatic carbocycles. The highest BCUT2D eigenvalue weighted by atomic mass is 79.9. The van der Waals surface area contributed by atoms with Crippen molar-refractivity contribution in [2.24, 2.45) is 0 Å². The van der Waals surface area contributed by atoms with E-state index in [1.54, 1.807) is 0 Å². The summed E-state index contributed by atoms with van der Waals surface area (Å²) in [6, 6.07) is 31.1. The highest BCUT2D eigenvalue weighted by Crippen LogP contribution is 2.57. The molecule has 1 aliphatic rings. The highest BCUT2D eigenvalue weighted by Gasteiger charge is 2.46. The van der Waals surface area contributed by atoms with Crippen LogP contribution in [0.2, 0.25) is 0 Å². The van der Waals surface area contributed by atoms with E-state index in [1.165, 1.54) is 44.5 Å². The maximum atomic E-state index is 5.96. The molecule has 1 nitrogen and oxygen atoms in total. The van der Waals surface area contributed by atoms with Crippen molar-refractivity contribution in [1.29, 1.82) is 0 Å². The Hall–Kier alpha value is -2.84. The van der Waals surface area contributed by atoms with Gasteiger partial charge < -0.3 is 4.74 Å². The van der Waals surface area contributed by atoms with Gasteiger partial charge in [0, 0.05) is 4.47 Å². The Bertz CT molecular complexity index is 1300. The molecule has 0 saturated carbocycles. The molecule has 0 radical (unpaired) electrons. The molecule has 0 aromatic heterocycles. The highest BCUT2D eigenvalue weighted by molar-refractivity contribution is 9.10. The topological polar surface area (TPSA) is 9.23 Å². The molecule has 0 fully saturated rings. The predicted molar refractivity (Wildman–Crippen MR) is 137 cm³/mol. The Balaban J connectivity index is 1.89. The molecule has 0 amide bonds. The van der Waals surface area contributed by atoms with E-state index in [2.05, 4.69) is 129 Å². The summed E-state index contributed by atoms with van der Waals surface area (Å²) in [6.45, 7) is 8.53. The summed E-state index contributed by atoms with van der Waals surface area (Å²) < 4.78 is 7.06. The summed E-state index contributed by atoms with van der Waals surface area (Å²) >= 11 is 3.76. The van der Waals surface area contributed by atoms with E-state index in [-0.39, 0.29) is 11.5 Å². The molecule has 160 valence electrons. The minimum atomic E-state index is -0.387. The van der Waals surface area contributed by atoms with Gasteiger partial charge in [0.05, 0.1) is 11.5 Å². The summed E-state index contributed by atoms with van der Waals surface area (Å²) in [7, 11) is 0. The van der Waals surface area contributed by atoms with Gasteiger partial charge in [-0.05, 0) is 90.9 Å². The second kappa shape index (κ2) is 7.94. The number of rotatable bonds is 4. The monoisotopic (exact) mass is 482 g/mol. The number of hydrogen-bond acceptors (Lipinski definition) is 1. The van der Waals surface area contributed by atoms with Crippen molar-refractivity contribution < 1.29 is 4.74 Å². The molecule has 32 heavy (non-hydrogen) atoms. The summed E-state index contributed by atoms with van der Waals surface area (Å²) in [6.07, 6.45) is 0.151. The summed E-state index contributed by atoms with van der Waals surface area (Å²) in [5.74, 6) is 0.903. The lowest BCUT2D eigenvalue weighted by Gasteiger charge is -2.35. The number of halogens is 1. The van der Waals surface area contributed by atoms with Crippen LogP contribution in [0.5, 0.6) is 5.75 Å². The molecule has 0 heterocycles. The minimum absolute atomic E-state index is 0.151. The lowest BCUT2D eigenvalue weighted by atomic mass is 9.66. The standard InChI is InChI=1S/C30H27BrO/c1-19(2)32-24-14-11-22(12-15-24)30(28-17-20(3)9-10-21(28)4)27-8-6-5-7-25(27)26-16-13-23(31)18-29(26)30/h5-19H,1-4H3. The van der Waals surface area contributed by atoms with Crippen LogP contribution in [0.4, 0.5) is 0 Å². The van der Waals surface area contributed by atoms with Crippen molar-refractivity contribution in [2.45, 2.75) is 39.2 Å². The van der Waals surface area contributed by atoms with Gasteiger partial charge >= 0.3 is 0 Å². The molecule has 0 aliphatic heterocycles. The average molecular weight is 483 g/mol. The average Bonchev–Trinajstić information content (AvgIpc) is 3.06. The van der Waals surface area contributed by atoms with E-state index in [9.17, 15) is 0 Å². The first-order valence-corrected chi connectivity index (χ1v) is 12.0. The molecule has 0 spiro atoms. The van der Waals surface area contributed by atoms with Gasteiger partial charge in [-0.1, -0.05) is 82.2 Å². The van der Waals surface area contributed by atoms with Gasteiger partial charge in [0.2, 0.25) is 0 Å². The summed E-state index contributed by atoms with van der Waals surface area (Å²) in [5, 5.41) is 0. The van der Waals surface area contributed by atoms with E-state index in [0.29, 0.717) is 0 Å².